The second-order valence-electron chi connectivity index (χ2n) is 17.4. The van der Waals surface area contributed by atoms with E-state index in [0.29, 0.717) is 63.6 Å². The standard InChI is InChI=1S/C24H29N9O2.C21H26N8O2.C3H3N/c1-25-9-13-31-11-7-17(8-12-31)32-10-3-4-19(24(32)35)29-20-14-21(26-2)33-22(30-20)18(15-27-33)23(34)28-16-5-6-16;1-22-18-11-17(27-19-15(12-24-29(18)19)20(30)25-13-4-5-13)26-16-3-2-10-28(21(16)31)14-6-8-23-9-7-14;1-2-3-4/h3-4,10,14-17,26H,5-9,11-13H2,2H3,(H,28,34)(H,29,30);2-3,10-14,22-23H,4-9H2,1H3,(H,25,30)(H,26,27);2H,1H2. The second-order valence-corrected chi connectivity index (χ2v) is 17.4. The van der Waals surface area contributed by atoms with Crippen LogP contribution >= 0.6 is 0 Å². The number of amides is 2. The largest absolute Gasteiger partial charge is 0.373 e. The number of hydrogen-bond donors (Lipinski definition) is 7. The van der Waals surface area contributed by atoms with Crippen molar-refractivity contribution in [1.82, 2.24) is 59.2 Å². The average Bonchev–Trinajstić information content (AvgIpc) is 4.31. The summed E-state index contributed by atoms with van der Waals surface area (Å²) in [6, 6.07) is 13.2. The SMILES string of the molecule is C=CC#N.CNc1cc(Nc2cccn(C3CCNCC3)c2=O)nc2c(C(=O)NC3CC3)cnn12.[C-]#[N+]CCN1CCC(n2cccc(Nc3cc(NC)n4ncc(C(=O)NC5CC5)c4n3)c2=O)CC1. The smallest absolute Gasteiger partial charge is 0.274 e. The van der Waals surface area contributed by atoms with Crippen molar-refractivity contribution < 1.29 is 9.59 Å². The number of piperidine rings is 2. The van der Waals surface area contributed by atoms with Gasteiger partial charge in [0.2, 0.25) is 6.54 Å². The molecule has 364 valence electrons. The van der Waals surface area contributed by atoms with Gasteiger partial charge in [0.25, 0.3) is 22.9 Å². The number of carbonyl (C=O) groups is 2. The molecule has 10 rings (SSSR count). The molecule has 6 aromatic heterocycles. The molecular weight excluding hydrogens is 893 g/mol. The van der Waals surface area contributed by atoms with Gasteiger partial charge in [-0.05, 0) is 88.7 Å². The van der Waals surface area contributed by atoms with Crippen LogP contribution in [0.5, 0.6) is 0 Å². The summed E-state index contributed by atoms with van der Waals surface area (Å²) in [4.78, 5) is 66.6. The first kappa shape index (κ1) is 48.4. The van der Waals surface area contributed by atoms with E-state index in [2.05, 4.69) is 73.7 Å². The fourth-order valence-corrected chi connectivity index (χ4v) is 8.47. The van der Waals surface area contributed by atoms with E-state index >= 15 is 0 Å². The van der Waals surface area contributed by atoms with Crippen LogP contribution in [-0.4, -0.2) is 120 Å². The number of likely N-dealkylation sites (tertiary alicyclic amines) is 1. The summed E-state index contributed by atoms with van der Waals surface area (Å²) in [7, 11) is 3.54. The summed E-state index contributed by atoms with van der Waals surface area (Å²) in [6.45, 7) is 15.0. The fraction of sp³-hybridized carbons (Fsp3) is 0.417. The van der Waals surface area contributed by atoms with E-state index in [0.717, 1.165) is 84.1 Å². The molecule has 0 aromatic carbocycles. The molecule has 0 unspecified atom stereocenters. The highest BCUT2D eigenvalue weighted by atomic mass is 16.2. The lowest BCUT2D eigenvalue weighted by Crippen LogP contribution is -2.38. The summed E-state index contributed by atoms with van der Waals surface area (Å²) in [5.74, 6) is 1.85. The predicted molar refractivity (Wildman–Crippen MR) is 267 cm³/mol. The Morgan fingerprint density at radius 3 is 1.66 bits per heavy atom. The van der Waals surface area contributed by atoms with Crippen molar-refractivity contribution in [3.63, 3.8) is 0 Å². The van der Waals surface area contributed by atoms with Crippen LogP contribution in [-0.2, 0) is 0 Å². The van der Waals surface area contributed by atoms with Crippen molar-refractivity contribution in [2.24, 2.45) is 0 Å². The molecule has 70 heavy (non-hydrogen) atoms. The minimum absolute atomic E-state index is 0.0812. The highest BCUT2D eigenvalue weighted by Crippen LogP contribution is 2.27. The Hall–Kier alpha value is -8.08. The first-order valence-corrected chi connectivity index (χ1v) is 23.6. The third kappa shape index (κ3) is 11.4. The van der Waals surface area contributed by atoms with Gasteiger partial charge in [0.1, 0.15) is 45.8 Å². The van der Waals surface area contributed by atoms with E-state index in [1.54, 1.807) is 62.6 Å². The van der Waals surface area contributed by atoms with Gasteiger partial charge in [-0.3, -0.25) is 24.1 Å². The minimum atomic E-state index is -0.195. The average molecular weight is 951 g/mol. The van der Waals surface area contributed by atoms with Gasteiger partial charge in [-0.1, -0.05) is 6.58 Å². The van der Waals surface area contributed by atoms with Crippen molar-refractivity contribution in [3.05, 3.63) is 117 Å². The molecule has 0 spiro atoms. The Labute approximate surface area is 404 Å². The van der Waals surface area contributed by atoms with Crippen LogP contribution in [0.3, 0.4) is 0 Å². The molecule has 2 aliphatic heterocycles. The number of nitrogens with one attached hydrogen (secondary N) is 7. The van der Waals surface area contributed by atoms with E-state index in [1.807, 2.05) is 24.5 Å². The number of nitriles is 1. The van der Waals surface area contributed by atoms with Gasteiger partial charge < -0.3 is 51.2 Å². The van der Waals surface area contributed by atoms with Crippen molar-refractivity contribution in [3.8, 4) is 6.07 Å². The van der Waals surface area contributed by atoms with E-state index in [4.69, 9.17) is 11.8 Å². The van der Waals surface area contributed by atoms with Crippen LogP contribution in [0.25, 0.3) is 16.1 Å². The predicted octanol–water partition coefficient (Wildman–Crippen LogP) is 4.31. The maximum atomic E-state index is 13.3. The highest BCUT2D eigenvalue weighted by Gasteiger charge is 2.28. The van der Waals surface area contributed by atoms with Crippen LogP contribution in [0.4, 0.5) is 34.6 Å². The number of anilines is 6. The van der Waals surface area contributed by atoms with E-state index < -0.39 is 0 Å². The van der Waals surface area contributed by atoms with Gasteiger partial charge in [0.05, 0.1) is 25.0 Å². The fourth-order valence-electron chi connectivity index (χ4n) is 8.47. The Balaban J connectivity index is 0.000000176. The second kappa shape index (κ2) is 22.4. The number of allylic oxidation sites excluding steroid dienone is 1. The van der Waals surface area contributed by atoms with Gasteiger partial charge in [-0.25, -0.2) is 16.5 Å². The summed E-state index contributed by atoms with van der Waals surface area (Å²) in [5.41, 5.74) is 2.33. The zero-order valence-corrected chi connectivity index (χ0v) is 39.3. The molecule has 7 N–H and O–H groups in total. The molecule has 22 nitrogen and oxygen atoms in total. The maximum absolute atomic E-state index is 13.3. The molecule has 2 saturated carbocycles. The number of aromatic nitrogens is 8. The summed E-state index contributed by atoms with van der Waals surface area (Å²) >= 11 is 0. The molecule has 4 fully saturated rings. The molecule has 2 saturated heterocycles. The quantitative estimate of drug-likeness (QED) is 0.0593. The summed E-state index contributed by atoms with van der Waals surface area (Å²) in [5, 5.41) is 37.9. The molecular formula is C48H58N18O4. The lowest BCUT2D eigenvalue weighted by atomic mass is 10.0. The number of nitrogens with zero attached hydrogens (tertiary/aromatic N) is 11. The third-order valence-corrected chi connectivity index (χ3v) is 12.5. The van der Waals surface area contributed by atoms with Crippen LogP contribution in [0.1, 0.15) is 84.2 Å². The topological polar surface area (TPSA) is 254 Å². The van der Waals surface area contributed by atoms with Crippen molar-refractivity contribution >= 4 is 57.8 Å². The van der Waals surface area contributed by atoms with Crippen LogP contribution < -0.4 is 48.3 Å². The molecule has 0 radical (unpaired) electrons. The van der Waals surface area contributed by atoms with Crippen molar-refractivity contribution in [2.75, 3.05) is 74.6 Å². The van der Waals surface area contributed by atoms with Gasteiger partial charge in [0, 0.05) is 82.0 Å². The van der Waals surface area contributed by atoms with Crippen LogP contribution in [0.15, 0.2) is 83.4 Å². The third-order valence-electron chi connectivity index (χ3n) is 12.5. The highest BCUT2D eigenvalue weighted by molar-refractivity contribution is 6.01. The van der Waals surface area contributed by atoms with E-state index in [1.165, 1.54) is 18.5 Å². The Bertz CT molecular complexity index is 3050. The molecule has 2 aliphatic carbocycles. The number of rotatable bonds is 14. The number of carbonyl (C=O) groups excluding carboxylic acids is 2. The van der Waals surface area contributed by atoms with Crippen LogP contribution in [0.2, 0.25) is 0 Å². The molecule has 22 heteroatoms. The van der Waals surface area contributed by atoms with Gasteiger partial charge in [0.15, 0.2) is 11.3 Å². The maximum Gasteiger partial charge on any atom is 0.274 e. The first-order chi connectivity index (χ1) is 34.1. The Kier molecular flexibility index (Phi) is 15.4. The first-order valence-electron chi connectivity index (χ1n) is 23.6. The monoisotopic (exact) mass is 950 g/mol. The summed E-state index contributed by atoms with van der Waals surface area (Å²) < 4.78 is 6.76. The van der Waals surface area contributed by atoms with Crippen molar-refractivity contribution in [2.45, 2.75) is 75.5 Å². The molecule has 4 aliphatic rings. The van der Waals surface area contributed by atoms with Gasteiger partial charge >= 0.3 is 0 Å². The lowest BCUT2D eigenvalue weighted by molar-refractivity contribution is 0.0944. The van der Waals surface area contributed by atoms with Gasteiger partial charge in [-0.15, -0.1) is 0 Å². The van der Waals surface area contributed by atoms with E-state index in [9.17, 15) is 19.2 Å². The number of pyridine rings is 2. The van der Waals surface area contributed by atoms with Crippen LogP contribution in [0, 0.1) is 17.9 Å². The zero-order valence-electron chi connectivity index (χ0n) is 39.3. The normalized spacial score (nSPS) is 16.1. The molecule has 6 aromatic rings. The Morgan fingerprint density at radius 2 is 1.24 bits per heavy atom. The summed E-state index contributed by atoms with van der Waals surface area (Å²) in [6.07, 6.45) is 15.5. The number of hydrogen-bond acceptors (Lipinski definition) is 15. The number of fused-ring (bicyclic) bond motifs is 2. The Morgan fingerprint density at radius 1 is 0.786 bits per heavy atom. The molecule has 8 heterocycles. The lowest BCUT2D eigenvalue weighted by Gasteiger charge is -2.31. The minimum Gasteiger partial charge on any atom is -0.373 e. The molecule has 0 bridgehead atoms. The zero-order chi connectivity index (χ0) is 49.1. The van der Waals surface area contributed by atoms with E-state index in [-0.39, 0.29) is 47.1 Å². The van der Waals surface area contributed by atoms with Crippen molar-refractivity contribution in [1.29, 1.82) is 5.26 Å². The molecule has 2 amide bonds. The molecule has 0 atom stereocenters. The van der Waals surface area contributed by atoms with Gasteiger partial charge in [-0.2, -0.15) is 24.5 Å².